The van der Waals surface area contributed by atoms with Gasteiger partial charge in [0.15, 0.2) is 6.61 Å². The van der Waals surface area contributed by atoms with Gasteiger partial charge in [-0.1, -0.05) is 12.1 Å². The molecule has 158 valence electrons. The van der Waals surface area contributed by atoms with Gasteiger partial charge < -0.3 is 19.9 Å². The number of aliphatic hydroxyl groups is 1. The number of ether oxygens (including phenoxy) is 2. The molecule has 4 aliphatic carbocycles. The zero-order chi connectivity index (χ0) is 20.5. The first kappa shape index (κ1) is 20.2. The quantitative estimate of drug-likeness (QED) is 0.654. The van der Waals surface area contributed by atoms with Gasteiger partial charge in [-0.05, 0) is 79.9 Å². The number of methoxy groups -OCH3 is 1. The van der Waals surface area contributed by atoms with Crippen LogP contribution in [0.2, 0.25) is 0 Å². The molecule has 1 aromatic carbocycles. The fourth-order valence-electron chi connectivity index (χ4n) is 6.30. The molecular weight excluding hydrogens is 370 g/mol. The minimum absolute atomic E-state index is 0.124. The molecule has 4 atom stereocenters. The van der Waals surface area contributed by atoms with Gasteiger partial charge in [-0.15, -0.1) is 0 Å². The standard InChI is InChI=1S/C23H31NO5/c1-28-19-4-2-16(3-5-19)6-7-24-20(25)14-29-21(26)13-22-9-17-8-18(10-22)12-23(27,11-17)15-22/h2-5,17-18,27H,6-15H2,1H3,(H,24,25)/t17-,18+,22?,23?. The predicted molar refractivity (Wildman–Crippen MR) is 107 cm³/mol. The molecule has 1 amide bonds. The molecular formula is C23H31NO5. The first-order chi connectivity index (χ1) is 13.9. The van der Waals surface area contributed by atoms with Crippen molar-refractivity contribution < 1.29 is 24.2 Å². The number of carbonyl (C=O) groups is 2. The molecule has 6 nitrogen and oxygen atoms in total. The van der Waals surface area contributed by atoms with Gasteiger partial charge >= 0.3 is 5.97 Å². The fourth-order valence-corrected chi connectivity index (χ4v) is 6.30. The van der Waals surface area contributed by atoms with Gasteiger partial charge in [0.05, 0.1) is 19.1 Å². The van der Waals surface area contributed by atoms with Crippen LogP contribution in [0, 0.1) is 17.3 Å². The number of benzene rings is 1. The lowest BCUT2D eigenvalue weighted by atomic mass is 9.47. The Bertz CT molecular complexity index is 745. The smallest absolute Gasteiger partial charge is 0.306 e. The van der Waals surface area contributed by atoms with Crippen LogP contribution in [-0.4, -0.2) is 42.8 Å². The number of hydrogen-bond donors (Lipinski definition) is 2. The fraction of sp³-hybridized carbons (Fsp3) is 0.652. The maximum atomic E-state index is 12.4. The number of carbonyl (C=O) groups excluding carboxylic acids is 2. The Balaban J connectivity index is 1.18. The van der Waals surface area contributed by atoms with Crippen LogP contribution in [0.25, 0.3) is 0 Å². The van der Waals surface area contributed by atoms with Gasteiger partial charge in [0.1, 0.15) is 5.75 Å². The number of rotatable bonds is 8. The van der Waals surface area contributed by atoms with Crippen LogP contribution in [0.3, 0.4) is 0 Å². The number of nitrogens with one attached hydrogen (secondary N) is 1. The van der Waals surface area contributed by atoms with Gasteiger partial charge in [-0.3, -0.25) is 9.59 Å². The Labute approximate surface area is 172 Å². The second kappa shape index (κ2) is 7.98. The van der Waals surface area contributed by atoms with E-state index in [4.69, 9.17) is 9.47 Å². The average molecular weight is 402 g/mol. The Morgan fingerprint density at radius 3 is 2.45 bits per heavy atom. The van der Waals surface area contributed by atoms with Gasteiger partial charge in [-0.2, -0.15) is 0 Å². The summed E-state index contributed by atoms with van der Waals surface area (Å²) in [7, 11) is 1.63. The Morgan fingerprint density at radius 2 is 1.83 bits per heavy atom. The van der Waals surface area contributed by atoms with Crippen molar-refractivity contribution in [1.82, 2.24) is 5.32 Å². The maximum absolute atomic E-state index is 12.4. The third kappa shape index (κ3) is 4.74. The summed E-state index contributed by atoms with van der Waals surface area (Å²) in [5.74, 6) is 1.28. The Morgan fingerprint density at radius 1 is 1.14 bits per heavy atom. The van der Waals surface area contributed by atoms with Crippen LogP contribution in [0.15, 0.2) is 24.3 Å². The molecule has 0 saturated heterocycles. The van der Waals surface area contributed by atoms with Crippen molar-refractivity contribution in [3.63, 3.8) is 0 Å². The molecule has 4 aliphatic rings. The van der Waals surface area contributed by atoms with Crippen molar-refractivity contribution in [2.45, 2.75) is 57.0 Å². The molecule has 4 saturated carbocycles. The predicted octanol–water partition coefficient (Wildman–Crippen LogP) is 2.62. The van der Waals surface area contributed by atoms with Gasteiger partial charge in [0.25, 0.3) is 5.91 Å². The third-order valence-electron chi connectivity index (χ3n) is 6.93. The highest BCUT2D eigenvalue weighted by atomic mass is 16.5. The summed E-state index contributed by atoms with van der Waals surface area (Å²) < 4.78 is 10.4. The van der Waals surface area contributed by atoms with E-state index in [1.165, 1.54) is 6.42 Å². The van der Waals surface area contributed by atoms with Crippen molar-refractivity contribution in [1.29, 1.82) is 0 Å². The highest BCUT2D eigenvalue weighted by molar-refractivity contribution is 5.80. The summed E-state index contributed by atoms with van der Waals surface area (Å²) in [4.78, 5) is 24.4. The highest BCUT2D eigenvalue weighted by Crippen LogP contribution is 2.62. The molecule has 6 heteroatoms. The average Bonchev–Trinajstić information content (AvgIpc) is 2.64. The normalized spacial score (nSPS) is 32.1. The van der Waals surface area contributed by atoms with Gasteiger partial charge in [0, 0.05) is 6.54 Å². The minimum atomic E-state index is -0.580. The van der Waals surface area contributed by atoms with Gasteiger partial charge in [-0.25, -0.2) is 0 Å². The highest BCUT2D eigenvalue weighted by Gasteiger charge is 2.57. The molecule has 4 bridgehead atoms. The number of hydrogen-bond acceptors (Lipinski definition) is 5. The number of amides is 1. The summed E-state index contributed by atoms with van der Waals surface area (Å²) in [5.41, 5.74) is 0.395. The molecule has 2 unspecified atom stereocenters. The van der Waals surface area contributed by atoms with Crippen LogP contribution in [0.4, 0.5) is 0 Å². The van der Waals surface area contributed by atoms with Crippen LogP contribution in [-0.2, 0) is 20.7 Å². The van der Waals surface area contributed by atoms with Crippen molar-refractivity contribution in [3.8, 4) is 5.75 Å². The van der Waals surface area contributed by atoms with E-state index in [1.807, 2.05) is 24.3 Å². The Kier molecular flexibility index (Phi) is 5.56. The molecule has 0 radical (unpaired) electrons. The topological polar surface area (TPSA) is 84.9 Å². The summed E-state index contributed by atoms with van der Waals surface area (Å²) >= 11 is 0. The maximum Gasteiger partial charge on any atom is 0.306 e. The molecule has 2 N–H and O–H groups in total. The second-order valence-electron chi connectivity index (χ2n) is 9.47. The largest absolute Gasteiger partial charge is 0.497 e. The first-order valence-corrected chi connectivity index (χ1v) is 10.6. The van der Waals surface area contributed by atoms with E-state index < -0.39 is 5.60 Å². The molecule has 0 heterocycles. The van der Waals surface area contributed by atoms with Crippen LogP contribution in [0.1, 0.15) is 50.5 Å². The van der Waals surface area contributed by atoms with Crippen LogP contribution >= 0.6 is 0 Å². The zero-order valence-corrected chi connectivity index (χ0v) is 17.1. The lowest BCUT2D eigenvalue weighted by Crippen LogP contribution is -2.56. The molecule has 0 spiro atoms. The summed E-state index contributed by atoms with van der Waals surface area (Å²) in [6, 6.07) is 7.70. The molecule has 1 aromatic rings. The van der Waals surface area contributed by atoms with Crippen molar-refractivity contribution in [2.24, 2.45) is 17.3 Å². The molecule has 29 heavy (non-hydrogen) atoms. The lowest BCUT2D eigenvalue weighted by Gasteiger charge is -2.60. The van der Waals surface area contributed by atoms with Crippen molar-refractivity contribution in [2.75, 3.05) is 20.3 Å². The van der Waals surface area contributed by atoms with Crippen molar-refractivity contribution in [3.05, 3.63) is 29.8 Å². The van der Waals surface area contributed by atoms with E-state index in [-0.39, 0.29) is 23.9 Å². The second-order valence-corrected chi connectivity index (χ2v) is 9.47. The van der Waals surface area contributed by atoms with Gasteiger partial charge in [0.2, 0.25) is 0 Å². The molecule has 0 aliphatic heterocycles. The SMILES string of the molecule is COc1ccc(CCNC(=O)COC(=O)CC23C[C@@H]4C[C@@H](CC(O)(C4)C2)C3)cc1. The summed E-state index contributed by atoms with van der Waals surface area (Å²) in [6.07, 6.45) is 6.71. The first-order valence-electron chi connectivity index (χ1n) is 10.6. The Hall–Kier alpha value is -2.08. The van der Waals surface area contributed by atoms with E-state index in [9.17, 15) is 14.7 Å². The summed E-state index contributed by atoms with van der Waals surface area (Å²) in [5, 5.41) is 13.6. The molecule has 4 fully saturated rings. The van der Waals surface area contributed by atoms with E-state index in [1.54, 1.807) is 7.11 Å². The summed E-state index contributed by atoms with van der Waals surface area (Å²) in [6.45, 7) is 0.248. The molecule has 5 rings (SSSR count). The van der Waals surface area contributed by atoms with E-state index >= 15 is 0 Å². The third-order valence-corrected chi connectivity index (χ3v) is 6.93. The van der Waals surface area contributed by atoms with Crippen molar-refractivity contribution >= 4 is 11.9 Å². The lowest BCUT2D eigenvalue weighted by molar-refractivity contribution is -0.177. The number of esters is 1. The molecule has 0 aromatic heterocycles. The van der Waals surface area contributed by atoms with E-state index in [0.29, 0.717) is 37.6 Å². The van der Waals surface area contributed by atoms with Crippen LogP contribution in [0.5, 0.6) is 5.75 Å². The minimum Gasteiger partial charge on any atom is -0.497 e. The van der Waals surface area contributed by atoms with E-state index in [0.717, 1.165) is 37.0 Å². The van der Waals surface area contributed by atoms with E-state index in [2.05, 4.69) is 5.32 Å². The monoisotopic (exact) mass is 401 g/mol. The van der Waals surface area contributed by atoms with Crippen LogP contribution < -0.4 is 10.1 Å². The zero-order valence-electron chi connectivity index (χ0n) is 17.1.